The zero-order valence-electron chi connectivity index (χ0n) is 14.8. The second kappa shape index (κ2) is 6.39. The minimum absolute atomic E-state index is 0.0194. The Morgan fingerprint density at radius 2 is 1.75 bits per heavy atom. The molecule has 136 valence electrons. The maximum Gasteiger partial charge on any atom is 0.340 e. The summed E-state index contributed by atoms with van der Waals surface area (Å²) in [4.78, 5) is 27.7. The van der Waals surface area contributed by atoms with E-state index in [0.717, 1.165) is 27.1 Å². The standard InChI is InChI=1S/C23H15NO4/c25-21-11-15(22-16-6-2-1-5-14(16)9-10-20(22)28-21)13-27-23(26)18-12-24-19-8-4-3-7-17(18)19/h1-12,24H,13H2. The third kappa shape index (κ3) is 2.65. The van der Waals surface area contributed by atoms with Gasteiger partial charge in [0.2, 0.25) is 0 Å². The highest BCUT2D eigenvalue weighted by Crippen LogP contribution is 2.28. The van der Waals surface area contributed by atoms with E-state index in [1.165, 1.54) is 6.07 Å². The zero-order chi connectivity index (χ0) is 19.1. The number of hydrogen-bond acceptors (Lipinski definition) is 4. The molecule has 1 N–H and O–H groups in total. The van der Waals surface area contributed by atoms with Gasteiger partial charge in [0.05, 0.1) is 5.56 Å². The third-order valence-corrected chi connectivity index (χ3v) is 4.88. The van der Waals surface area contributed by atoms with Crippen molar-refractivity contribution >= 4 is 38.6 Å². The second-order valence-corrected chi connectivity index (χ2v) is 6.57. The Labute approximate surface area is 159 Å². The molecule has 5 heteroatoms. The first kappa shape index (κ1) is 16.3. The van der Waals surface area contributed by atoms with Gasteiger partial charge < -0.3 is 14.1 Å². The third-order valence-electron chi connectivity index (χ3n) is 4.88. The van der Waals surface area contributed by atoms with E-state index < -0.39 is 11.6 Å². The molecule has 2 heterocycles. The van der Waals surface area contributed by atoms with E-state index in [1.807, 2.05) is 54.6 Å². The van der Waals surface area contributed by atoms with Crippen LogP contribution < -0.4 is 5.63 Å². The quantitative estimate of drug-likeness (QED) is 0.282. The van der Waals surface area contributed by atoms with Crippen LogP contribution in [0.5, 0.6) is 0 Å². The highest BCUT2D eigenvalue weighted by atomic mass is 16.5. The van der Waals surface area contributed by atoms with Gasteiger partial charge in [0.1, 0.15) is 12.2 Å². The molecule has 0 bridgehead atoms. The average Bonchev–Trinajstić information content (AvgIpc) is 3.15. The summed E-state index contributed by atoms with van der Waals surface area (Å²) in [5.74, 6) is -0.445. The summed E-state index contributed by atoms with van der Waals surface area (Å²) >= 11 is 0. The van der Waals surface area contributed by atoms with Crippen LogP contribution in [0.3, 0.4) is 0 Å². The summed E-state index contributed by atoms with van der Waals surface area (Å²) in [6.45, 7) is -0.0194. The van der Waals surface area contributed by atoms with E-state index in [4.69, 9.17) is 9.15 Å². The van der Waals surface area contributed by atoms with Crippen molar-refractivity contribution in [2.24, 2.45) is 0 Å². The molecule has 0 spiro atoms. The van der Waals surface area contributed by atoms with Gasteiger partial charge in [0.25, 0.3) is 0 Å². The van der Waals surface area contributed by atoms with Crippen LogP contribution in [0.15, 0.2) is 82.1 Å². The van der Waals surface area contributed by atoms with Crippen LogP contribution in [0.2, 0.25) is 0 Å². The van der Waals surface area contributed by atoms with E-state index in [9.17, 15) is 9.59 Å². The number of carbonyl (C=O) groups is 1. The summed E-state index contributed by atoms with van der Waals surface area (Å²) in [6, 6.07) is 20.4. The number of H-pyrrole nitrogens is 1. The number of benzene rings is 3. The monoisotopic (exact) mass is 369 g/mol. The number of para-hydroxylation sites is 1. The normalized spacial score (nSPS) is 11.3. The predicted molar refractivity (Wildman–Crippen MR) is 107 cm³/mol. The van der Waals surface area contributed by atoms with Crippen molar-refractivity contribution in [2.45, 2.75) is 6.61 Å². The number of aromatic amines is 1. The van der Waals surface area contributed by atoms with Crippen LogP contribution in [0.4, 0.5) is 0 Å². The summed E-state index contributed by atoms with van der Waals surface area (Å²) in [5, 5.41) is 3.55. The summed E-state index contributed by atoms with van der Waals surface area (Å²) in [5.41, 5.74) is 1.96. The lowest BCUT2D eigenvalue weighted by atomic mass is 10.0. The first-order valence-corrected chi connectivity index (χ1v) is 8.88. The molecule has 0 aliphatic heterocycles. The number of carbonyl (C=O) groups excluding carboxylic acids is 1. The topological polar surface area (TPSA) is 72.3 Å². The first-order valence-electron chi connectivity index (χ1n) is 8.88. The van der Waals surface area contributed by atoms with Crippen LogP contribution in [0.25, 0.3) is 32.6 Å². The van der Waals surface area contributed by atoms with Crippen LogP contribution in [-0.4, -0.2) is 11.0 Å². The van der Waals surface area contributed by atoms with E-state index in [1.54, 1.807) is 12.3 Å². The number of aromatic nitrogens is 1. The fraction of sp³-hybridized carbons (Fsp3) is 0.0435. The molecule has 0 amide bonds. The summed E-state index contributed by atoms with van der Waals surface area (Å²) in [6.07, 6.45) is 1.64. The SMILES string of the molecule is O=C(OCc1cc(=O)oc2ccc3ccccc3c12)c1c[nH]c2ccccc12. The molecule has 0 aliphatic rings. The Hall–Kier alpha value is -3.86. The van der Waals surface area contributed by atoms with Crippen molar-refractivity contribution in [3.63, 3.8) is 0 Å². The smallest absolute Gasteiger partial charge is 0.340 e. The molecule has 2 aromatic heterocycles. The average molecular weight is 369 g/mol. The number of esters is 1. The highest BCUT2D eigenvalue weighted by molar-refractivity contribution is 6.07. The lowest BCUT2D eigenvalue weighted by molar-refractivity contribution is 0.0476. The van der Waals surface area contributed by atoms with Crippen molar-refractivity contribution in [1.29, 1.82) is 0 Å². The van der Waals surface area contributed by atoms with Gasteiger partial charge in [-0.3, -0.25) is 0 Å². The molecular formula is C23H15NO4. The van der Waals surface area contributed by atoms with Crippen molar-refractivity contribution in [2.75, 3.05) is 0 Å². The Bertz CT molecular complexity index is 1410. The second-order valence-electron chi connectivity index (χ2n) is 6.57. The minimum Gasteiger partial charge on any atom is -0.457 e. The van der Waals surface area contributed by atoms with Crippen LogP contribution in [-0.2, 0) is 11.3 Å². The number of rotatable bonds is 3. The van der Waals surface area contributed by atoms with Crippen LogP contribution in [0.1, 0.15) is 15.9 Å². The van der Waals surface area contributed by atoms with Gasteiger partial charge in [-0.2, -0.15) is 0 Å². The molecule has 0 saturated carbocycles. The number of fused-ring (bicyclic) bond motifs is 4. The molecule has 0 aliphatic carbocycles. The molecule has 3 aromatic carbocycles. The van der Waals surface area contributed by atoms with E-state index >= 15 is 0 Å². The van der Waals surface area contributed by atoms with E-state index in [0.29, 0.717) is 16.7 Å². The first-order chi connectivity index (χ1) is 13.7. The summed E-state index contributed by atoms with van der Waals surface area (Å²) in [7, 11) is 0. The minimum atomic E-state index is -0.471. The van der Waals surface area contributed by atoms with Gasteiger partial charge in [0, 0.05) is 34.1 Å². The molecule has 0 radical (unpaired) electrons. The number of hydrogen-bond donors (Lipinski definition) is 1. The van der Waals surface area contributed by atoms with E-state index in [-0.39, 0.29) is 6.61 Å². The van der Waals surface area contributed by atoms with Gasteiger partial charge in [-0.15, -0.1) is 0 Å². The van der Waals surface area contributed by atoms with Crippen molar-refractivity contribution in [1.82, 2.24) is 4.98 Å². The fourth-order valence-corrected chi connectivity index (χ4v) is 3.60. The molecule has 0 unspecified atom stereocenters. The van der Waals surface area contributed by atoms with Gasteiger partial charge >= 0.3 is 11.6 Å². The van der Waals surface area contributed by atoms with Crippen molar-refractivity contribution in [3.05, 3.63) is 94.5 Å². The van der Waals surface area contributed by atoms with Gasteiger partial charge in [0.15, 0.2) is 0 Å². The highest BCUT2D eigenvalue weighted by Gasteiger charge is 2.15. The van der Waals surface area contributed by atoms with Crippen molar-refractivity contribution < 1.29 is 13.9 Å². The Balaban J connectivity index is 1.55. The van der Waals surface area contributed by atoms with Gasteiger partial charge in [-0.25, -0.2) is 9.59 Å². The lowest BCUT2D eigenvalue weighted by Crippen LogP contribution is -2.07. The zero-order valence-corrected chi connectivity index (χ0v) is 14.8. The Morgan fingerprint density at radius 3 is 2.64 bits per heavy atom. The van der Waals surface area contributed by atoms with Crippen molar-refractivity contribution in [3.8, 4) is 0 Å². The Kier molecular flexibility index (Phi) is 3.72. The van der Waals surface area contributed by atoms with Crippen LogP contribution >= 0.6 is 0 Å². The molecule has 5 rings (SSSR count). The summed E-state index contributed by atoms with van der Waals surface area (Å²) < 4.78 is 10.9. The number of ether oxygens (including phenoxy) is 1. The van der Waals surface area contributed by atoms with Gasteiger partial charge in [-0.1, -0.05) is 48.5 Å². The largest absolute Gasteiger partial charge is 0.457 e. The maximum absolute atomic E-state index is 12.6. The molecule has 0 fully saturated rings. The molecule has 0 atom stereocenters. The maximum atomic E-state index is 12.6. The molecule has 0 saturated heterocycles. The molecular weight excluding hydrogens is 354 g/mol. The number of nitrogens with one attached hydrogen (secondary N) is 1. The lowest BCUT2D eigenvalue weighted by Gasteiger charge is -2.09. The Morgan fingerprint density at radius 1 is 0.964 bits per heavy atom. The fourth-order valence-electron chi connectivity index (χ4n) is 3.60. The van der Waals surface area contributed by atoms with Crippen LogP contribution in [0, 0.1) is 0 Å². The van der Waals surface area contributed by atoms with E-state index in [2.05, 4.69) is 4.98 Å². The van der Waals surface area contributed by atoms with Gasteiger partial charge in [-0.05, 0) is 22.9 Å². The molecule has 5 nitrogen and oxygen atoms in total. The molecule has 5 aromatic rings. The molecule has 28 heavy (non-hydrogen) atoms. The predicted octanol–water partition coefficient (Wildman–Crippen LogP) is 4.78.